The number of rotatable bonds is 3. The molecule has 4 nitrogen and oxygen atoms in total. The summed E-state index contributed by atoms with van der Waals surface area (Å²) in [5, 5.41) is 14.3. The number of aromatic nitrogens is 2. The average molecular weight is 260 g/mol. The summed E-state index contributed by atoms with van der Waals surface area (Å²) in [6, 6.07) is 17.5. The van der Waals surface area contributed by atoms with Crippen LogP contribution in [0.25, 0.3) is 10.8 Å². The van der Waals surface area contributed by atoms with Gasteiger partial charge in [-0.25, -0.2) is 4.98 Å². The molecule has 4 heteroatoms. The van der Waals surface area contributed by atoms with Crippen molar-refractivity contribution in [3.05, 3.63) is 66.1 Å². The Hall–Kier alpha value is -2.93. The van der Waals surface area contributed by atoms with Crippen LogP contribution in [0.4, 0.5) is 5.82 Å². The van der Waals surface area contributed by atoms with E-state index in [-0.39, 0.29) is 0 Å². The standard InChI is InChI=1S/C16H12N4/c17-10-14-9-12-5-1-2-7-15(12)16(20-14)19-11-13-6-3-4-8-18-13/h1-9H,11H2,(H,19,20). The summed E-state index contributed by atoms with van der Waals surface area (Å²) >= 11 is 0. The third-order valence-corrected chi connectivity index (χ3v) is 3.02. The van der Waals surface area contributed by atoms with Gasteiger partial charge >= 0.3 is 0 Å². The van der Waals surface area contributed by atoms with E-state index in [0.29, 0.717) is 18.1 Å². The van der Waals surface area contributed by atoms with Crippen LogP contribution < -0.4 is 5.32 Å². The van der Waals surface area contributed by atoms with Crippen LogP contribution >= 0.6 is 0 Å². The lowest BCUT2D eigenvalue weighted by Crippen LogP contribution is -2.04. The first kappa shape index (κ1) is 12.1. The molecule has 2 heterocycles. The van der Waals surface area contributed by atoms with Crippen LogP contribution in [-0.4, -0.2) is 9.97 Å². The summed E-state index contributed by atoms with van der Waals surface area (Å²) in [5.41, 5.74) is 1.34. The summed E-state index contributed by atoms with van der Waals surface area (Å²) in [4.78, 5) is 8.60. The van der Waals surface area contributed by atoms with Gasteiger partial charge in [-0.05, 0) is 23.6 Å². The number of nitrogens with one attached hydrogen (secondary N) is 1. The van der Waals surface area contributed by atoms with E-state index < -0.39 is 0 Å². The molecule has 0 amide bonds. The molecule has 0 aliphatic carbocycles. The van der Waals surface area contributed by atoms with Crippen molar-refractivity contribution >= 4 is 16.6 Å². The SMILES string of the molecule is N#Cc1cc2ccccc2c(NCc2ccccn2)n1. The normalized spacial score (nSPS) is 10.2. The maximum atomic E-state index is 9.05. The lowest BCUT2D eigenvalue weighted by Gasteiger charge is -2.09. The summed E-state index contributed by atoms with van der Waals surface area (Å²) < 4.78 is 0. The van der Waals surface area contributed by atoms with Gasteiger partial charge in [-0.1, -0.05) is 30.3 Å². The molecule has 0 saturated heterocycles. The molecule has 0 spiro atoms. The van der Waals surface area contributed by atoms with E-state index in [9.17, 15) is 0 Å². The van der Waals surface area contributed by atoms with Gasteiger partial charge in [-0.2, -0.15) is 5.26 Å². The Bertz CT molecular complexity index is 775. The Labute approximate surface area is 116 Å². The predicted octanol–water partition coefficient (Wildman–Crippen LogP) is 3.11. The van der Waals surface area contributed by atoms with Crippen LogP contribution in [0.2, 0.25) is 0 Å². The number of nitrogens with zero attached hydrogens (tertiary/aromatic N) is 3. The van der Waals surface area contributed by atoms with E-state index in [4.69, 9.17) is 5.26 Å². The summed E-state index contributed by atoms with van der Waals surface area (Å²) in [5.74, 6) is 0.713. The smallest absolute Gasteiger partial charge is 0.143 e. The van der Waals surface area contributed by atoms with Crippen molar-refractivity contribution in [2.24, 2.45) is 0 Å². The van der Waals surface area contributed by atoms with Gasteiger partial charge in [0.2, 0.25) is 0 Å². The molecule has 0 saturated carbocycles. The molecule has 0 aliphatic rings. The molecule has 3 rings (SSSR count). The third-order valence-electron chi connectivity index (χ3n) is 3.02. The van der Waals surface area contributed by atoms with Crippen molar-refractivity contribution in [3.63, 3.8) is 0 Å². The number of anilines is 1. The van der Waals surface area contributed by atoms with Crippen LogP contribution in [-0.2, 0) is 6.54 Å². The predicted molar refractivity (Wildman–Crippen MR) is 78.0 cm³/mol. The van der Waals surface area contributed by atoms with Crippen LogP contribution in [0.3, 0.4) is 0 Å². The number of hydrogen-bond donors (Lipinski definition) is 1. The highest BCUT2D eigenvalue weighted by molar-refractivity contribution is 5.92. The summed E-state index contributed by atoms with van der Waals surface area (Å²) in [6.45, 7) is 0.576. The van der Waals surface area contributed by atoms with E-state index in [2.05, 4.69) is 21.4 Å². The second-order valence-electron chi connectivity index (χ2n) is 4.36. The largest absolute Gasteiger partial charge is 0.364 e. The van der Waals surface area contributed by atoms with Crippen molar-refractivity contribution in [1.82, 2.24) is 9.97 Å². The Balaban J connectivity index is 1.96. The zero-order valence-corrected chi connectivity index (χ0v) is 10.7. The van der Waals surface area contributed by atoms with Crippen LogP contribution in [0.1, 0.15) is 11.4 Å². The number of benzene rings is 1. The van der Waals surface area contributed by atoms with Crippen molar-refractivity contribution in [1.29, 1.82) is 5.26 Å². The molecule has 3 aromatic rings. The lowest BCUT2D eigenvalue weighted by molar-refractivity contribution is 1.03. The van der Waals surface area contributed by atoms with Gasteiger partial charge in [-0.15, -0.1) is 0 Å². The minimum absolute atomic E-state index is 0.409. The number of pyridine rings is 2. The van der Waals surface area contributed by atoms with E-state index in [1.165, 1.54) is 0 Å². The average Bonchev–Trinajstić information content (AvgIpc) is 2.53. The van der Waals surface area contributed by atoms with E-state index in [1.807, 2.05) is 42.5 Å². The Morgan fingerprint density at radius 1 is 1.10 bits per heavy atom. The topological polar surface area (TPSA) is 61.6 Å². The highest BCUT2D eigenvalue weighted by Crippen LogP contribution is 2.22. The molecule has 1 N–H and O–H groups in total. The van der Waals surface area contributed by atoms with Crippen LogP contribution in [0.5, 0.6) is 0 Å². The van der Waals surface area contributed by atoms with Crippen molar-refractivity contribution < 1.29 is 0 Å². The van der Waals surface area contributed by atoms with Crippen molar-refractivity contribution in [2.45, 2.75) is 6.54 Å². The fraction of sp³-hybridized carbons (Fsp3) is 0.0625. The molecule has 0 aliphatic heterocycles. The summed E-state index contributed by atoms with van der Waals surface area (Å²) in [7, 11) is 0. The Morgan fingerprint density at radius 2 is 1.95 bits per heavy atom. The van der Waals surface area contributed by atoms with Crippen LogP contribution in [0, 0.1) is 11.3 Å². The molecule has 0 bridgehead atoms. The Morgan fingerprint density at radius 3 is 2.75 bits per heavy atom. The number of hydrogen-bond acceptors (Lipinski definition) is 4. The van der Waals surface area contributed by atoms with Crippen molar-refractivity contribution in [2.75, 3.05) is 5.32 Å². The zero-order valence-electron chi connectivity index (χ0n) is 10.7. The maximum absolute atomic E-state index is 9.05. The van der Waals surface area contributed by atoms with Gasteiger partial charge in [0.1, 0.15) is 17.6 Å². The van der Waals surface area contributed by atoms with Gasteiger partial charge in [-0.3, -0.25) is 4.98 Å². The lowest BCUT2D eigenvalue weighted by atomic mass is 10.1. The highest BCUT2D eigenvalue weighted by Gasteiger charge is 2.05. The monoisotopic (exact) mass is 260 g/mol. The second-order valence-corrected chi connectivity index (χ2v) is 4.36. The second kappa shape index (κ2) is 5.37. The van der Waals surface area contributed by atoms with Gasteiger partial charge in [0, 0.05) is 11.6 Å². The minimum Gasteiger partial charge on any atom is -0.364 e. The zero-order chi connectivity index (χ0) is 13.8. The molecule has 0 radical (unpaired) electrons. The number of fused-ring (bicyclic) bond motifs is 1. The van der Waals surface area contributed by atoms with E-state index in [1.54, 1.807) is 12.3 Å². The first-order chi connectivity index (χ1) is 9.86. The molecule has 0 unspecified atom stereocenters. The van der Waals surface area contributed by atoms with Gasteiger partial charge < -0.3 is 5.32 Å². The molecular weight excluding hydrogens is 248 g/mol. The summed E-state index contributed by atoms with van der Waals surface area (Å²) in [6.07, 6.45) is 1.76. The molecule has 96 valence electrons. The van der Waals surface area contributed by atoms with E-state index >= 15 is 0 Å². The fourth-order valence-corrected chi connectivity index (χ4v) is 2.07. The Kier molecular flexibility index (Phi) is 3.25. The van der Waals surface area contributed by atoms with Gasteiger partial charge in [0.05, 0.1) is 12.2 Å². The third kappa shape index (κ3) is 2.43. The minimum atomic E-state index is 0.409. The first-order valence-corrected chi connectivity index (χ1v) is 6.30. The maximum Gasteiger partial charge on any atom is 0.143 e. The van der Waals surface area contributed by atoms with Gasteiger partial charge in [0.25, 0.3) is 0 Å². The molecule has 20 heavy (non-hydrogen) atoms. The molecule has 0 atom stereocenters. The molecule has 0 fully saturated rings. The van der Waals surface area contributed by atoms with E-state index in [0.717, 1.165) is 16.5 Å². The first-order valence-electron chi connectivity index (χ1n) is 6.30. The van der Waals surface area contributed by atoms with Gasteiger partial charge in [0.15, 0.2) is 0 Å². The van der Waals surface area contributed by atoms with Crippen molar-refractivity contribution in [3.8, 4) is 6.07 Å². The highest BCUT2D eigenvalue weighted by atomic mass is 15.0. The molecular formula is C16H12N4. The fourth-order valence-electron chi connectivity index (χ4n) is 2.07. The van der Waals surface area contributed by atoms with Crippen LogP contribution in [0.15, 0.2) is 54.7 Å². The number of nitriles is 1. The molecule has 1 aromatic carbocycles. The quantitative estimate of drug-likeness (QED) is 0.786. The molecule has 2 aromatic heterocycles.